The molecule has 0 aliphatic heterocycles. The first-order valence-electron chi connectivity index (χ1n) is 8.15. The summed E-state index contributed by atoms with van der Waals surface area (Å²) in [6.07, 6.45) is 12.5. The van der Waals surface area contributed by atoms with Gasteiger partial charge in [0, 0.05) is 5.75 Å². The van der Waals surface area contributed by atoms with Crippen molar-refractivity contribution in [3.05, 3.63) is 11.6 Å². The molecule has 0 rings (SSSR count). The summed E-state index contributed by atoms with van der Waals surface area (Å²) < 4.78 is 4.96. The van der Waals surface area contributed by atoms with E-state index < -0.39 is 0 Å². The zero-order valence-corrected chi connectivity index (χ0v) is 14.4. The van der Waals surface area contributed by atoms with E-state index in [9.17, 15) is 4.79 Å². The Hall–Kier alpha value is -0.440. The first kappa shape index (κ1) is 19.6. The lowest BCUT2D eigenvalue weighted by Crippen LogP contribution is -2.07. The molecule has 0 heterocycles. The van der Waals surface area contributed by atoms with Gasteiger partial charge >= 0.3 is 5.97 Å². The highest BCUT2D eigenvalue weighted by molar-refractivity contribution is 8.00. The Morgan fingerprint density at radius 3 is 2.35 bits per heavy atom. The second-order valence-electron chi connectivity index (χ2n) is 5.11. The monoisotopic (exact) mass is 300 g/mol. The van der Waals surface area contributed by atoms with Gasteiger partial charge in [0.05, 0.1) is 12.4 Å². The molecule has 0 fully saturated rings. The zero-order valence-electron chi connectivity index (χ0n) is 13.6. The highest BCUT2D eigenvalue weighted by Gasteiger charge is 2.04. The minimum atomic E-state index is -0.0867. The van der Waals surface area contributed by atoms with Gasteiger partial charge in [0.2, 0.25) is 0 Å². The number of carbonyl (C=O) groups excluding carboxylic acids is 1. The van der Waals surface area contributed by atoms with Gasteiger partial charge in [-0.15, -0.1) is 11.8 Å². The largest absolute Gasteiger partial charge is 0.465 e. The van der Waals surface area contributed by atoms with Crippen LogP contribution in [0.15, 0.2) is 11.6 Å². The Kier molecular flexibility index (Phi) is 14.6. The third-order valence-electron chi connectivity index (χ3n) is 3.15. The molecule has 0 unspecified atom stereocenters. The highest BCUT2D eigenvalue weighted by Crippen LogP contribution is 2.17. The first-order chi connectivity index (χ1) is 9.74. The molecule has 0 saturated carbocycles. The van der Waals surface area contributed by atoms with Gasteiger partial charge in [0.15, 0.2) is 0 Å². The molecular weight excluding hydrogens is 268 g/mol. The molecule has 0 N–H and O–H groups in total. The number of unbranched alkanes of at least 4 members (excludes halogenated alkanes) is 5. The zero-order chi connectivity index (χ0) is 15.1. The number of carbonyl (C=O) groups is 1. The van der Waals surface area contributed by atoms with E-state index in [1.807, 2.05) is 6.92 Å². The number of thioether (sulfide) groups is 1. The van der Waals surface area contributed by atoms with Gasteiger partial charge in [-0.1, -0.05) is 51.2 Å². The van der Waals surface area contributed by atoms with Crippen LogP contribution in [0.5, 0.6) is 0 Å². The SMILES string of the molecule is CCCCC/C=C(/CCCCC)CSCC(=O)OCC. The molecule has 2 nitrogen and oxygen atoms in total. The second kappa shape index (κ2) is 15.0. The number of rotatable bonds is 13. The molecule has 3 heteroatoms. The van der Waals surface area contributed by atoms with E-state index in [0.717, 1.165) is 5.75 Å². The smallest absolute Gasteiger partial charge is 0.315 e. The molecule has 0 atom stereocenters. The molecule has 0 aromatic heterocycles. The summed E-state index contributed by atoms with van der Waals surface area (Å²) in [5.74, 6) is 1.37. The Balaban J connectivity index is 3.99. The maximum atomic E-state index is 11.3. The number of allylic oxidation sites excluding steroid dienone is 1. The molecule has 0 aliphatic rings. The van der Waals surface area contributed by atoms with Gasteiger partial charge in [-0.2, -0.15) is 0 Å². The summed E-state index contributed by atoms with van der Waals surface area (Å²) in [5, 5.41) is 0. The molecule has 0 aromatic rings. The summed E-state index contributed by atoms with van der Waals surface area (Å²) in [6, 6.07) is 0. The fourth-order valence-corrected chi connectivity index (χ4v) is 2.88. The van der Waals surface area contributed by atoms with Gasteiger partial charge in [0.1, 0.15) is 0 Å². The maximum Gasteiger partial charge on any atom is 0.315 e. The lowest BCUT2D eigenvalue weighted by Gasteiger charge is -2.08. The van der Waals surface area contributed by atoms with Gasteiger partial charge in [-0.25, -0.2) is 0 Å². The molecule has 0 radical (unpaired) electrons. The van der Waals surface area contributed by atoms with Crippen LogP contribution in [-0.4, -0.2) is 24.1 Å². The molecule has 0 aliphatic carbocycles. The Labute approximate surface area is 129 Å². The quantitative estimate of drug-likeness (QED) is 0.260. The molecule has 0 saturated heterocycles. The molecule has 20 heavy (non-hydrogen) atoms. The molecular formula is C17H32O2S. The average molecular weight is 301 g/mol. The van der Waals surface area contributed by atoms with Crippen molar-refractivity contribution in [3.8, 4) is 0 Å². The Morgan fingerprint density at radius 2 is 1.70 bits per heavy atom. The minimum absolute atomic E-state index is 0.0867. The number of esters is 1. The van der Waals surface area contributed by atoms with Gasteiger partial charge in [-0.05, 0) is 32.6 Å². The van der Waals surface area contributed by atoms with Crippen LogP contribution in [0.1, 0.15) is 72.1 Å². The lowest BCUT2D eigenvalue weighted by atomic mass is 10.1. The highest BCUT2D eigenvalue weighted by atomic mass is 32.2. The van der Waals surface area contributed by atoms with Crippen LogP contribution in [0, 0.1) is 0 Å². The molecule has 118 valence electrons. The van der Waals surface area contributed by atoms with Crippen LogP contribution in [0.2, 0.25) is 0 Å². The van der Waals surface area contributed by atoms with E-state index in [1.165, 1.54) is 56.9 Å². The minimum Gasteiger partial charge on any atom is -0.465 e. The fourth-order valence-electron chi connectivity index (χ4n) is 2.00. The number of hydrogen-bond donors (Lipinski definition) is 0. The number of hydrogen-bond acceptors (Lipinski definition) is 3. The van der Waals surface area contributed by atoms with E-state index in [0.29, 0.717) is 12.4 Å². The van der Waals surface area contributed by atoms with E-state index in [2.05, 4.69) is 19.9 Å². The van der Waals surface area contributed by atoms with E-state index >= 15 is 0 Å². The van der Waals surface area contributed by atoms with Crippen LogP contribution < -0.4 is 0 Å². The van der Waals surface area contributed by atoms with Crippen molar-refractivity contribution in [1.82, 2.24) is 0 Å². The maximum absolute atomic E-state index is 11.3. The topological polar surface area (TPSA) is 26.3 Å². The van der Waals surface area contributed by atoms with Gasteiger partial charge < -0.3 is 4.74 Å². The summed E-state index contributed by atoms with van der Waals surface area (Å²) >= 11 is 1.69. The summed E-state index contributed by atoms with van der Waals surface area (Å²) in [4.78, 5) is 11.3. The van der Waals surface area contributed by atoms with Crippen LogP contribution >= 0.6 is 11.8 Å². The van der Waals surface area contributed by atoms with Crippen molar-refractivity contribution in [1.29, 1.82) is 0 Å². The van der Waals surface area contributed by atoms with Crippen LogP contribution in [-0.2, 0) is 9.53 Å². The van der Waals surface area contributed by atoms with Crippen LogP contribution in [0.4, 0.5) is 0 Å². The van der Waals surface area contributed by atoms with Crippen molar-refractivity contribution in [2.45, 2.75) is 72.1 Å². The first-order valence-corrected chi connectivity index (χ1v) is 9.31. The van der Waals surface area contributed by atoms with Crippen molar-refractivity contribution < 1.29 is 9.53 Å². The van der Waals surface area contributed by atoms with E-state index in [1.54, 1.807) is 11.8 Å². The fraction of sp³-hybridized carbons (Fsp3) is 0.824. The van der Waals surface area contributed by atoms with Crippen molar-refractivity contribution >= 4 is 17.7 Å². The molecule has 0 bridgehead atoms. The van der Waals surface area contributed by atoms with Gasteiger partial charge in [0.25, 0.3) is 0 Å². The number of ether oxygens (including phenoxy) is 1. The summed E-state index contributed by atoms with van der Waals surface area (Å²) in [6.45, 7) is 6.81. The van der Waals surface area contributed by atoms with Crippen LogP contribution in [0.25, 0.3) is 0 Å². The summed E-state index contributed by atoms with van der Waals surface area (Å²) in [5.41, 5.74) is 1.52. The van der Waals surface area contributed by atoms with Crippen molar-refractivity contribution in [2.24, 2.45) is 0 Å². The van der Waals surface area contributed by atoms with E-state index in [4.69, 9.17) is 4.74 Å². The predicted molar refractivity (Wildman–Crippen MR) is 90.3 cm³/mol. The van der Waals surface area contributed by atoms with Gasteiger partial charge in [-0.3, -0.25) is 4.79 Å². The second-order valence-corrected chi connectivity index (χ2v) is 6.10. The molecule has 0 aromatic carbocycles. The Morgan fingerprint density at radius 1 is 1.00 bits per heavy atom. The standard InChI is InChI=1S/C17H32O2S/c1-4-7-9-11-13-16(12-10-8-5-2)14-20-15-17(18)19-6-3/h13H,4-12,14-15H2,1-3H3/b16-13-. The summed E-state index contributed by atoms with van der Waals surface area (Å²) in [7, 11) is 0. The third kappa shape index (κ3) is 12.6. The predicted octanol–water partition coefficient (Wildman–Crippen LogP) is 5.37. The van der Waals surface area contributed by atoms with E-state index in [-0.39, 0.29) is 5.97 Å². The lowest BCUT2D eigenvalue weighted by molar-refractivity contribution is -0.139. The third-order valence-corrected chi connectivity index (χ3v) is 4.17. The average Bonchev–Trinajstić information content (AvgIpc) is 2.43. The van der Waals surface area contributed by atoms with Crippen molar-refractivity contribution in [3.63, 3.8) is 0 Å². The molecule has 0 amide bonds. The normalized spacial score (nSPS) is 11.7. The van der Waals surface area contributed by atoms with Crippen LogP contribution in [0.3, 0.4) is 0 Å². The molecule has 0 spiro atoms. The van der Waals surface area contributed by atoms with Crippen molar-refractivity contribution in [2.75, 3.05) is 18.1 Å². The Bertz CT molecular complexity index is 262.